The van der Waals surface area contributed by atoms with Gasteiger partial charge in [-0.3, -0.25) is 0 Å². The van der Waals surface area contributed by atoms with Gasteiger partial charge in [0.05, 0.1) is 5.69 Å². The number of hydrogen-bond acceptors (Lipinski definition) is 2. The molecule has 0 saturated heterocycles. The van der Waals surface area contributed by atoms with Crippen molar-refractivity contribution >= 4 is 57.4 Å². The van der Waals surface area contributed by atoms with Crippen LogP contribution in [0.4, 0.5) is 28.4 Å². The summed E-state index contributed by atoms with van der Waals surface area (Å²) in [5.74, 6) is 0. The zero-order valence-electron chi connectivity index (χ0n) is 30.2. The predicted molar refractivity (Wildman–Crippen MR) is 227 cm³/mol. The quantitative estimate of drug-likeness (QED) is 0.182. The van der Waals surface area contributed by atoms with E-state index in [0.717, 1.165) is 11.4 Å². The average Bonchev–Trinajstić information content (AvgIpc) is 3.19. The molecule has 2 heterocycles. The topological polar surface area (TPSA) is 15.3 Å². The van der Waals surface area contributed by atoms with Crippen molar-refractivity contribution in [2.45, 2.75) is 26.2 Å². The molecule has 10 rings (SSSR count). The normalized spacial score (nSPS) is 13.5. The van der Waals surface area contributed by atoms with Crippen LogP contribution in [0, 0.1) is 6.92 Å². The van der Waals surface area contributed by atoms with Gasteiger partial charge < -0.3 is 10.2 Å². The molecule has 0 atom stereocenters. The highest BCUT2D eigenvalue weighted by Crippen LogP contribution is 2.53. The van der Waals surface area contributed by atoms with E-state index in [0.29, 0.717) is 0 Å². The van der Waals surface area contributed by atoms with Crippen molar-refractivity contribution in [3.8, 4) is 33.4 Å². The second kappa shape index (κ2) is 12.1. The molecular formula is C50H38BN2. The van der Waals surface area contributed by atoms with Crippen LogP contribution in [0.25, 0.3) is 44.2 Å². The molecule has 0 aliphatic carbocycles. The first-order valence-corrected chi connectivity index (χ1v) is 18.5. The fourth-order valence-corrected chi connectivity index (χ4v) is 8.63. The van der Waals surface area contributed by atoms with E-state index in [9.17, 15) is 0 Å². The van der Waals surface area contributed by atoms with Crippen molar-refractivity contribution in [1.82, 2.24) is 0 Å². The van der Waals surface area contributed by atoms with Gasteiger partial charge in [-0.1, -0.05) is 147 Å². The van der Waals surface area contributed by atoms with E-state index >= 15 is 0 Å². The fourth-order valence-electron chi connectivity index (χ4n) is 8.63. The molecule has 0 amide bonds. The van der Waals surface area contributed by atoms with Crippen LogP contribution in [0.1, 0.15) is 30.5 Å². The highest BCUT2D eigenvalue weighted by molar-refractivity contribution is 6.73. The van der Waals surface area contributed by atoms with Gasteiger partial charge in [0.25, 0.3) is 0 Å². The Kier molecular flexibility index (Phi) is 7.20. The Labute approximate surface area is 312 Å². The van der Waals surface area contributed by atoms with Crippen LogP contribution < -0.4 is 21.1 Å². The summed E-state index contributed by atoms with van der Waals surface area (Å²) >= 11 is 0. The monoisotopic (exact) mass is 677 g/mol. The van der Waals surface area contributed by atoms with Crippen molar-refractivity contribution in [1.29, 1.82) is 0 Å². The number of para-hydroxylation sites is 2. The second-order valence-corrected chi connectivity index (χ2v) is 15.0. The van der Waals surface area contributed by atoms with Crippen LogP contribution in [0.15, 0.2) is 170 Å². The zero-order chi connectivity index (χ0) is 35.7. The van der Waals surface area contributed by atoms with E-state index in [4.69, 9.17) is 0 Å². The smallest absolute Gasteiger partial charge is 0.197 e. The molecular weight excluding hydrogens is 639 g/mol. The standard InChI is InChI=1S/C50H38BN2/c1-32-25-41(40-21-12-13-24-45(40)52-39-28-37(33-15-6-4-7-16-33)27-38(29-39)34-17-8-5-9-18-34)48-47(26-32)53-46-31-36-20-11-10-19-35(36)30-43(46)50(2,3)42-22-14-23-44(51-48)49(42)53/h4-31,52H,1-3H3. The summed E-state index contributed by atoms with van der Waals surface area (Å²) in [6, 6.07) is 62.0. The first-order chi connectivity index (χ1) is 25.9. The minimum Gasteiger partial charge on any atom is -0.355 e. The molecule has 8 aromatic carbocycles. The number of hydrogen-bond donors (Lipinski definition) is 1. The van der Waals surface area contributed by atoms with Gasteiger partial charge in [-0.25, -0.2) is 0 Å². The summed E-state index contributed by atoms with van der Waals surface area (Å²) in [6.07, 6.45) is 0. The van der Waals surface area contributed by atoms with E-state index in [1.807, 2.05) is 0 Å². The third kappa shape index (κ3) is 5.18. The molecule has 0 spiro atoms. The Bertz CT molecular complexity index is 2660. The lowest BCUT2D eigenvalue weighted by molar-refractivity contribution is 0.633. The number of nitrogens with zero attached hydrogens (tertiary/aromatic N) is 1. The number of fused-ring (bicyclic) bond motifs is 5. The molecule has 3 heteroatoms. The van der Waals surface area contributed by atoms with Crippen LogP contribution in [0.5, 0.6) is 0 Å². The third-order valence-electron chi connectivity index (χ3n) is 11.2. The number of benzene rings is 8. The maximum atomic E-state index is 3.90. The van der Waals surface area contributed by atoms with Gasteiger partial charge in [0.1, 0.15) is 0 Å². The minimum absolute atomic E-state index is 0.150. The first-order valence-electron chi connectivity index (χ1n) is 18.5. The Morgan fingerprint density at radius 2 is 1.15 bits per heavy atom. The van der Waals surface area contributed by atoms with E-state index in [1.165, 1.54) is 88.8 Å². The van der Waals surface area contributed by atoms with Crippen molar-refractivity contribution in [3.05, 3.63) is 187 Å². The van der Waals surface area contributed by atoms with Crippen molar-refractivity contribution in [2.24, 2.45) is 0 Å². The minimum atomic E-state index is -0.150. The van der Waals surface area contributed by atoms with Crippen molar-refractivity contribution in [2.75, 3.05) is 10.2 Å². The maximum Gasteiger partial charge on any atom is 0.197 e. The molecule has 0 fully saturated rings. The van der Waals surface area contributed by atoms with E-state index in [1.54, 1.807) is 0 Å². The Balaban J connectivity index is 1.14. The molecule has 53 heavy (non-hydrogen) atoms. The molecule has 0 bridgehead atoms. The lowest BCUT2D eigenvalue weighted by Crippen LogP contribution is -2.45. The van der Waals surface area contributed by atoms with Gasteiger partial charge in [0.15, 0.2) is 7.28 Å². The van der Waals surface area contributed by atoms with Gasteiger partial charge in [0.2, 0.25) is 0 Å². The van der Waals surface area contributed by atoms with E-state index < -0.39 is 0 Å². The molecule has 0 unspecified atom stereocenters. The Morgan fingerprint density at radius 3 is 1.87 bits per heavy atom. The fraction of sp³-hybridized carbons (Fsp3) is 0.0800. The van der Waals surface area contributed by atoms with Crippen LogP contribution in [-0.2, 0) is 5.41 Å². The summed E-state index contributed by atoms with van der Waals surface area (Å²) in [4.78, 5) is 2.55. The number of nitrogens with one attached hydrogen (secondary N) is 1. The summed E-state index contributed by atoms with van der Waals surface area (Å²) in [6.45, 7) is 6.98. The maximum absolute atomic E-state index is 3.90. The summed E-state index contributed by atoms with van der Waals surface area (Å²) < 4.78 is 0. The number of rotatable bonds is 5. The van der Waals surface area contributed by atoms with Crippen LogP contribution >= 0.6 is 0 Å². The van der Waals surface area contributed by atoms with Crippen molar-refractivity contribution < 1.29 is 0 Å². The second-order valence-electron chi connectivity index (χ2n) is 15.0. The van der Waals surface area contributed by atoms with Crippen LogP contribution in [0.3, 0.4) is 0 Å². The SMILES string of the molecule is Cc1cc(-c2ccccc2Nc2cc(-c3ccccc3)cc(-c3ccccc3)c2)c2c(c1)N1c3cc4ccccc4cc3C(C)(C)c3cccc(c31)[B]2. The van der Waals surface area contributed by atoms with Gasteiger partial charge in [-0.15, -0.1) is 0 Å². The highest BCUT2D eigenvalue weighted by atomic mass is 15.2. The van der Waals surface area contributed by atoms with Gasteiger partial charge in [-0.2, -0.15) is 0 Å². The lowest BCUT2D eigenvalue weighted by atomic mass is 9.55. The molecule has 0 aromatic heterocycles. The van der Waals surface area contributed by atoms with E-state index in [2.05, 4.69) is 208 Å². The largest absolute Gasteiger partial charge is 0.355 e. The molecule has 251 valence electrons. The Morgan fingerprint density at radius 1 is 0.509 bits per heavy atom. The van der Waals surface area contributed by atoms with Crippen molar-refractivity contribution in [3.63, 3.8) is 0 Å². The van der Waals surface area contributed by atoms with Gasteiger partial charge in [0, 0.05) is 33.7 Å². The molecule has 2 aliphatic heterocycles. The number of anilines is 5. The third-order valence-corrected chi connectivity index (χ3v) is 11.2. The highest BCUT2D eigenvalue weighted by Gasteiger charge is 2.41. The summed E-state index contributed by atoms with van der Waals surface area (Å²) in [5, 5.41) is 6.44. The van der Waals surface area contributed by atoms with Crippen LogP contribution in [0.2, 0.25) is 0 Å². The number of aryl methyl sites for hydroxylation is 1. The Hall–Kier alpha value is -6.32. The molecule has 1 N–H and O–H groups in total. The van der Waals surface area contributed by atoms with E-state index in [-0.39, 0.29) is 5.41 Å². The van der Waals surface area contributed by atoms with Gasteiger partial charge in [-0.05, 0) is 110 Å². The molecule has 2 aliphatic rings. The summed E-state index contributed by atoms with van der Waals surface area (Å²) in [5.41, 5.74) is 19.3. The van der Waals surface area contributed by atoms with Crippen LogP contribution in [-0.4, -0.2) is 7.28 Å². The lowest BCUT2D eigenvalue weighted by Gasteiger charge is -2.46. The molecule has 0 saturated carbocycles. The summed E-state index contributed by atoms with van der Waals surface area (Å²) in [7, 11) is 2.42. The molecule has 8 aromatic rings. The average molecular weight is 678 g/mol. The predicted octanol–water partition coefficient (Wildman–Crippen LogP) is 12.0. The van der Waals surface area contributed by atoms with Gasteiger partial charge >= 0.3 is 0 Å². The first kappa shape index (κ1) is 31.4. The zero-order valence-corrected chi connectivity index (χ0v) is 30.2. The molecule has 1 radical (unpaired) electrons. The molecule has 2 nitrogen and oxygen atoms in total.